The molecule has 1 aromatic carbocycles. The van der Waals surface area contributed by atoms with E-state index in [2.05, 4.69) is 49.1 Å². The van der Waals surface area contributed by atoms with Gasteiger partial charge in [-0.3, -0.25) is 15.6 Å². The molecule has 2 aromatic rings. The number of thiophene rings is 1. The van der Waals surface area contributed by atoms with Gasteiger partial charge in [0.2, 0.25) is 0 Å². The number of rotatable bonds is 3. The van der Waals surface area contributed by atoms with Crippen LogP contribution in [-0.4, -0.2) is 11.0 Å². The van der Waals surface area contributed by atoms with Crippen LogP contribution in [-0.2, 0) is 12.8 Å². The Kier molecular flexibility index (Phi) is 5.94. The summed E-state index contributed by atoms with van der Waals surface area (Å²) in [5.74, 6) is 1.05. The number of hydrazine groups is 1. The average Bonchev–Trinajstić information content (AvgIpc) is 3.03. The molecule has 1 aromatic heterocycles. The van der Waals surface area contributed by atoms with E-state index in [4.69, 9.17) is 12.2 Å². The van der Waals surface area contributed by atoms with Crippen molar-refractivity contribution in [2.45, 2.75) is 46.0 Å². The van der Waals surface area contributed by atoms with Crippen LogP contribution in [0.4, 0.5) is 5.69 Å². The van der Waals surface area contributed by atoms with E-state index >= 15 is 0 Å². The number of carbonyl (C=O) groups is 1. The number of hydrogen-bond donors (Lipinski definition) is 3. The lowest BCUT2D eigenvalue weighted by Gasteiger charge is -2.16. The van der Waals surface area contributed by atoms with Gasteiger partial charge < -0.3 is 5.32 Å². The number of thiocarbonyl (C=S) groups is 1. The molecule has 4 nitrogen and oxygen atoms in total. The van der Waals surface area contributed by atoms with Crippen LogP contribution in [0.15, 0.2) is 30.3 Å². The third-order valence-corrected chi connectivity index (χ3v) is 6.12. The highest BCUT2D eigenvalue weighted by Gasteiger charge is 2.20. The molecule has 0 spiro atoms. The molecule has 1 atom stereocenters. The molecule has 0 saturated heterocycles. The monoisotopic (exact) mass is 387 g/mol. The molecule has 3 N–H and O–H groups in total. The maximum atomic E-state index is 12.4. The standard InChI is InChI=1S/C20H25N3OS2/c1-12(2)14-5-7-16(8-6-14)21-20(25)23-22-19(24)18-11-15-10-13(3)4-9-17(15)26-18/h5-8,11-13H,4,9-10H2,1-3H3,(H,22,24)(H2,21,23,25). The first-order chi connectivity index (χ1) is 12.4. The SMILES string of the molecule is CC1CCc2sc(C(=O)NNC(=S)Nc3ccc(C(C)C)cc3)cc2C1. The minimum atomic E-state index is -0.142. The Morgan fingerprint density at radius 1 is 1.23 bits per heavy atom. The molecule has 1 amide bonds. The molecule has 26 heavy (non-hydrogen) atoms. The lowest BCUT2D eigenvalue weighted by molar-refractivity contribution is 0.0948. The quantitative estimate of drug-likeness (QED) is 0.531. The highest BCUT2D eigenvalue weighted by atomic mass is 32.1. The van der Waals surface area contributed by atoms with Crippen molar-refractivity contribution in [3.63, 3.8) is 0 Å². The van der Waals surface area contributed by atoms with Crippen molar-refractivity contribution in [1.29, 1.82) is 0 Å². The van der Waals surface area contributed by atoms with Crippen LogP contribution >= 0.6 is 23.6 Å². The van der Waals surface area contributed by atoms with Gasteiger partial charge in [-0.15, -0.1) is 11.3 Å². The molecule has 1 aliphatic carbocycles. The maximum absolute atomic E-state index is 12.4. The summed E-state index contributed by atoms with van der Waals surface area (Å²) < 4.78 is 0. The van der Waals surface area contributed by atoms with E-state index < -0.39 is 0 Å². The van der Waals surface area contributed by atoms with Gasteiger partial charge in [0.15, 0.2) is 5.11 Å². The molecular formula is C20H25N3OS2. The summed E-state index contributed by atoms with van der Waals surface area (Å²) in [6.45, 7) is 6.58. The molecule has 0 saturated carbocycles. The number of hydrogen-bond acceptors (Lipinski definition) is 3. The Hall–Kier alpha value is -1.92. The predicted molar refractivity (Wildman–Crippen MR) is 113 cm³/mol. The normalized spacial score (nSPS) is 16.1. The summed E-state index contributed by atoms with van der Waals surface area (Å²) in [7, 11) is 0. The van der Waals surface area contributed by atoms with Gasteiger partial charge in [0.05, 0.1) is 4.88 Å². The highest BCUT2D eigenvalue weighted by Crippen LogP contribution is 2.32. The van der Waals surface area contributed by atoms with Crippen molar-refractivity contribution in [2.24, 2.45) is 5.92 Å². The topological polar surface area (TPSA) is 53.2 Å². The number of amides is 1. The zero-order valence-corrected chi connectivity index (χ0v) is 17.0. The summed E-state index contributed by atoms with van der Waals surface area (Å²) in [4.78, 5) is 14.5. The van der Waals surface area contributed by atoms with Crippen LogP contribution in [0.3, 0.4) is 0 Å². The molecule has 1 aliphatic rings. The molecule has 0 radical (unpaired) electrons. The zero-order chi connectivity index (χ0) is 18.7. The van der Waals surface area contributed by atoms with Gasteiger partial charge in [-0.1, -0.05) is 32.9 Å². The number of nitrogens with one attached hydrogen (secondary N) is 3. The smallest absolute Gasteiger partial charge is 0.279 e. The maximum Gasteiger partial charge on any atom is 0.279 e. The number of fused-ring (bicyclic) bond motifs is 1. The molecule has 0 fully saturated rings. The first kappa shape index (κ1) is 18.9. The van der Waals surface area contributed by atoms with Crippen LogP contribution < -0.4 is 16.2 Å². The van der Waals surface area contributed by atoms with E-state index in [1.165, 1.54) is 22.4 Å². The lowest BCUT2D eigenvalue weighted by Crippen LogP contribution is -2.43. The molecule has 0 aliphatic heterocycles. The van der Waals surface area contributed by atoms with E-state index in [9.17, 15) is 4.79 Å². The van der Waals surface area contributed by atoms with E-state index in [1.54, 1.807) is 11.3 Å². The van der Waals surface area contributed by atoms with Gasteiger partial charge in [0, 0.05) is 10.6 Å². The number of benzene rings is 1. The molecule has 3 rings (SSSR count). The van der Waals surface area contributed by atoms with Gasteiger partial charge in [-0.25, -0.2) is 0 Å². The highest BCUT2D eigenvalue weighted by molar-refractivity contribution is 7.80. The molecule has 1 heterocycles. The van der Waals surface area contributed by atoms with Crippen LogP contribution in [0.25, 0.3) is 0 Å². The van der Waals surface area contributed by atoms with Crippen molar-refractivity contribution in [2.75, 3.05) is 5.32 Å². The van der Waals surface area contributed by atoms with Crippen LogP contribution in [0.5, 0.6) is 0 Å². The Morgan fingerprint density at radius 3 is 2.65 bits per heavy atom. The third-order valence-electron chi connectivity index (χ3n) is 4.68. The lowest BCUT2D eigenvalue weighted by atomic mass is 9.90. The van der Waals surface area contributed by atoms with Crippen LogP contribution in [0, 0.1) is 5.92 Å². The summed E-state index contributed by atoms with van der Waals surface area (Å²) in [5.41, 5.74) is 8.96. The molecule has 0 bridgehead atoms. The van der Waals surface area contributed by atoms with Crippen molar-refractivity contribution < 1.29 is 4.79 Å². The first-order valence-electron chi connectivity index (χ1n) is 9.01. The summed E-state index contributed by atoms with van der Waals surface area (Å²) in [5, 5.41) is 3.44. The van der Waals surface area contributed by atoms with Crippen molar-refractivity contribution >= 4 is 40.3 Å². The van der Waals surface area contributed by atoms with E-state index in [-0.39, 0.29) is 5.91 Å². The van der Waals surface area contributed by atoms with Gasteiger partial charge in [0.1, 0.15) is 0 Å². The zero-order valence-electron chi connectivity index (χ0n) is 15.4. The fraction of sp³-hybridized carbons (Fsp3) is 0.400. The van der Waals surface area contributed by atoms with Crippen molar-refractivity contribution in [3.05, 3.63) is 51.2 Å². The molecule has 138 valence electrons. The molecule has 1 unspecified atom stereocenters. The fourth-order valence-electron chi connectivity index (χ4n) is 3.11. The van der Waals surface area contributed by atoms with Gasteiger partial charge in [-0.05, 0) is 72.6 Å². The Bertz CT molecular complexity index is 796. The Morgan fingerprint density at radius 2 is 1.96 bits per heavy atom. The Labute approximate surface area is 164 Å². The van der Waals surface area contributed by atoms with Gasteiger partial charge in [-0.2, -0.15) is 0 Å². The predicted octanol–water partition coefficient (Wildman–Crippen LogP) is 4.63. The number of anilines is 1. The second-order valence-corrected chi connectivity index (χ2v) is 8.76. The number of aryl methyl sites for hydroxylation is 1. The fourth-order valence-corrected chi connectivity index (χ4v) is 4.38. The second-order valence-electron chi connectivity index (χ2n) is 7.22. The summed E-state index contributed by atoms with van der Waals surface area (Å²) >= 11 is 6.85. The van der Waals surface area contributed by atoms with Gasteiger partial charge >= 0.3 is 0 Å². The largest absolute Gasteiger partial charge is 0.331 e. The van der Waals surface area contributed by atoms with Crippen LogP contribution in [0.2, 0.25) is 0 Å². The summed E-state index contributed by atoms with van der Waals surface area (Å²) in [6.07, 6.45) is 3.35. The van der Waals surface area contributed by atoms with Crippen molar-refractivity contribution in [3.8, 4) is 0 Å². The molecular weight excluding hydrogens is 362 g/mol. The minimum absolute atomic E-state index is 0.142. The number of carbonyl (C=O) groups excluding carboxylic acids is 1. The molecule has 6 heteroatoms. The van der Waals surface area contributed by atoms with Crippen LogP contribution in [0.1, 0.15) is 58.8 Å². The van der Waals surface area contributed by atoms with E-state index in [0.29, 0.717) is 16.9 Å². The summed E-state index contributed by atoms with van der Waals surface area (Å²) in [6, 6.07) is 10.1. The van der Waals surface area contributed by atoms with E-state index in [1.807, 2.05) is 18.2 Å². The first-order valence-corrected chi connectivity index (χ1v) is 10.2. The van der Waals surface area contributed by atoms with Crippen molar-refractivity contribution in [1.82, 2.24) is 10.9 Å². The Balaban J connectivity index is 1.52. The minimum Gasteiger partial charge on any atom is -0.331 e. The third kappa shape index (κ3) is 4.62. The van der Waals surface area contributed by atoms with E-state index in [0.717, 1.165) is 23.4 Å². The van der Waals surface area contributed by atoms with Gasteiger partial charge in [0.25, 0.3) is 5.91 Å². The average molecular weight is 388 g/mol. The second kappa shape index (κ2) is 8.18.